The van der Waals surface area contributed by atoms with Crippen LogP contribution in [0.25, 0.3) is 11.1 Å². The minimum Gasteiger partial charge on any atom is -0.426 e. The van der Waals surface area contributed by atoms with Gasteiger partial charge in [0, 0.05) is 12.0 Å². The Morgan fingerprint density at radius 1 is 1.23 bits per heavy atom. The molecule has 0 spiro atoms. The van der Waals surface area contributed by atoms with E-state index in [1.807, 2.05) is 55.5 Å². The lowest BCUT2D eigenvalue weighted by Crippen LogP contribution is -2.08. The van der Waals surface area contributed by atoms with E-state index in [0.29, 0.717) is 12.2 Å². The van der Waals surface area contributed by atoms with Crippen LogP contribution in [-0.2, 0) is 4.79 Å². The molecule has 0 radical (unpaired) electrons. The number of ether oxygens (including phenoxy) is 1. The Balaban J connectivity index is 2.28. The molecule has 2 aromatic carbocycles. The maximum atomic E-state index is 11.9. The van der Waals surface area contributed by atoms with Crippen LogP contribution in [0.4, 0.5) is 0 Å². The number of carbonyl (C=O) groups excluding carboxylic acids is 1. The molecule has 114 valence electrons. The molecule has 0 aromatic heterocycles. The van der Waals surface area contributed by atoms with Crippen LogP contribution in [0.15, 0.2) is 53.6 Å². The van der Waals surface area contributed by atoms with Crippen LogP contribution in [0.1, 0.15) is 31.7 Å². The number of para-hydroxylation sites is 1. The quantitative estimate of drug-likeness (QED) is 0.290. The standard InChI is InChI=1S/C18H20N2O2/c1-2-3-11-18(21)22-17-10-5-4-9-16(17)15-8-6-7-14(12-15)13-20-19/h4-10,12-13H,2-3,11,19H2,1H3/b20-13+. The molecule has 0 amide bonds. The summed E-state index contributed by atoms with van der Waals surface area (Å²) < 4.78 is 5.50. The minimum atomic E-state index is -0.200. The van der Waals surface area contributed by atoms with Crippen molar-refractivity contribution in [1.82, 2.24) is 0 Å². The van der Waals surface area contributed by atoms with Gasteiger partial charge in [-0.25, -0.2) is 0 Å². The molecule has 0 fully saturated rings. The number of nitrogens with zero attached hydrogens (tertiary/aromatic N) is 1. The summed E-state index contributed by atoms with van der Waals surface area (Å²) in [4.78, 5) is 11.9. The molecule has 0 bridgehead atoms. The van der Waals surface area contributed by atoms with Crippen molar-refractivity contribution in [3.63, 3.8) is 0 Å². The average Bonchev–Trinajstić information content (AvgIpc) is 2.54. The number of hydrogen-bond donors (Lipinski definition) is 1. The smallest absolute Gasteiger partial charge is 0.311 e. The van der Waals surface area contributed by atoms with Crippen LogP contribution in [0.3, 0.4) is 0 Å². The zero-order valence-corrected chi connectivity index (χ0v) is 12.7. The lowest BCUT2D eigenvalue weighted by molar-refractivity contribution is -0.134. The molecule has 4 nitrogen and oxygen atoms in total. The van der Waals surface area contributed by atoms with E-state index < -0.39 is 0 Å². The van der Waals surface area contributed by atoms with Crippen LogP contribution in [0.2, 0.25) is 0 Å². The summed E-state index contributed by atoms with van der Waals surface area (Å²) in [6.45, 7) is 2.05. The summed E-state index contributed by atoms with van der Waals surface area (Å²) >= 11 is 0. The molecule has 0 aliphatic rings. The van der Waals surface area contributed by atoms with Crippen LogP contribution >= 0.6 is 0 Å². The Kier molecular flexibility index (Phi) is 5.72. The van der Waals surface area contributed by atoms with Gasteiger partial charge in [-0.1, -0.05) is 49.7 Å². The molecular formula is C18H20N2O2. The molecule has 0 unspecified atom stereocenters. The highest BCUT2D eigenvalue weighted by Crippen LogP contribution is 2.30. The first-order valence-electron chi connectivity index (χ1n) is 7.38. The van der Waals surface area contributed by atoms with Crippen molar-refractivity contribution in [3.05, 3.63) is 54.1 Å². The minimum absolute atomic E-state index is 0.200. The molecule has 0 aliphatic carbocycles. The molecule has 0 atom stereocenters. The molecule has 2 N–H and O–H groups in total. The van der Waals surface area contributed by atoms with E-state index in [1.165, 1.54) is 0 Å². The zero-order valence-electron chi connectivity index (χ0n) is 12.7. The summed E-state index contributed by atoms with van der Waals surface area (Å²) in [5.74, 6) is 5.57. The number of carbonyl (C=O) groups is 1. The van der Waals surface area contributed by atoms with Crippen LogP contribution in [-0.4, -0.2) is 12.2 Å². The summed E-state index contributed by atoms with van der Waals surface area (Å²) in [6, 6.07) is 15.3. The maximum absolute atomic E-state index is 11.9. The van der Waals surface area contributed by atoms with Gasteiger partial charge < -0.3 is 10.6 Å². The number of rotatable bonds is 6. The highest BCUT2D eigenvalue weighted by molar-refractivity contribution is 5.84. The van der Waals surface area contributed by atoms with E-state index in [0.717, 1.165) is 29.5 Å². The lowest BCUT2D eigenvalue weighted by Gasteiger charge is -2.10. The predicted octanol–water partition coefficient (Wildman–Crippen LogP) is 3.74. The first-order valence-corrected chi connectivity index (χ1v) is 7.38. The van der Waals surface area contributed by atoms with Gasteiger partial charge in [0.15, 0.2) is 0 Å². The molecule has 0 saturated heterocycles. The third-order valence-corrected chi connectivity index (χ3v) is 3.27. The molecule has 4 heteroatoms. The highest BCUT2D eigenvalue weighted by Gasteiger charge is 2.10. The lowest BCUT2D eigenvalue weighted by atomic mass is 10.0. The van der Waals surface area contributed by atoms with Gasteiger partial charge in [0.1, 0.15) is 5.75 Å². The fourth-order valence-electron chi connectivity index (χ4n) is 2.16. The normalized spacial score (nSPS) is 10.8. The van der Waals surface area contributed by atoms with E-state index in [9.17, 15) is 4.79 Å². The van der Waals surface area contributed by atoms with Crippen LogP contribution < -0.4 is 10.6 Å². The first kappa shape index (κ1) is 15.8. The van der Waals surface area contributed by atoms with Crippen LogP contribution in [0.5, 0.6) is 5.75 Å². The Morgan fingerprint density at radius 2 is 2.05 bits per heavy atom. The topological polar surface area (TPSA) is 64.7 Å². The molecule has 22 heavy (non-hydrogen) atoms. The average molecular weight is 296 g/mol. The molecule has 2 aromatic rings. The Morgan fingerprint density at radius 3 is 2.82 bits per heavy atom. The Hall–Kier alpha value is -2.62. The first-order chi connectivity index (χ1) is 10.7. The van der Waals surface area contributed by atoms with Crippen molar-refractivity contribution in [2.45, 2.75) is 26.2 Å². The maximum Gasteiger partial charge on any atom is 0.311 e. The third kappa shape index (κ3) is 4.19. The van der Waals surface area contributed by atoms with Gasteiger partial charge in [0.2, 0.25) is 0 Å². The molecular weight excluding hydrogens is 276 g/mol. The van der Waals surface area contributed by atoms with E-state index in [-0.39, 0.29) is 5.97 Å². The van der Waals surface area contributed by atoms with Crippen molar-refractivity contribution in [2.75, 3.05) is 0 Å². The van der Waals surface area contributed by atoms with Crippen molar-refractivity contribution in [1.29, 1.82) is 0 Å². The van der Waals surface area contributed by atoms with Gasteiger partial charge in [-0.15, -0.1) is 0 Å². The van der Waals surface area contributed by atoms with Crippen molar-refractivity contribution in [2.24, 2.45) is 10.9 Å². The summed E-state index contributed by atoms with van der Waals surface area (Å²) in [6.07, 6.45) is 3.82. The van der Waals surface area contributed by atoms with E-state index >= 15 is 0 Å². The number of hydrogen-bond acceptors (Lipinski definition) is 4. The second kappa shape index (κ2) is 7.98. The second-order valence-corrected chi connectivity index (χ2v) is 4.98. The van der Waals surface area contributed by atoms with Gasteiger partial charge in [0.25, 0.3) is 0 Å². The summed E-state index contributed by atoms with van der Waals surface area (Å²) in [5.41, 5.74) is 2.73. The van der Waals surface area contributed by atoms with Gasteiger partial charge in [-0.3, -0.25) is 4.79 Å². The van der Waals surface area contributed by atoms with Gasteiger partial charge in [-0.05, 0) is 29.7 Å². The number of unbranched alkanes of at least 4 members (excludes halogenated alkanes) is 1. The summed E-state index contributed by atoms with van der Waals surface area (Å²) in [5, 5.41) is 3.53. The molecule has 0 saturated carbocycles. The van der Waals surface area contributed by atoms with Crippen molar-refractivity contribution < 1.29 is 9.53 Å². The second-order valence-electron chi connectivity index (χ2n) is 4.98. The van der Waals surface area contributed by atoms with E-state index in [2.05, 4.69) is 5.10 Å². The number of nitrogens with two attached hydrogens (primary N) is 1. The third-order valence-electron chi connectivity index (χ3n) is 3.27. The molecule has 2 rings (SSSR count). The van der Waals surface area contributed by atoms with E-state index in [4.69, 9.17) is 10.6 Å². The van der Waals surface area contributed by atoms with Gasteiger partial charge >= 0.3 is 5.97 Å². The monoisotopic (exact) mass is 296 g/mol. The highest BCUT2D eigenvalue weighted by atomic mass is 16.5. The van der Waals surface area contributed by atoms with E-state index in [1.54, 1.807) is 6.21 Å². The fourth-order valence-corrected chi connectivity index (χ4v) is 2.16. The van der Waals surface area contributed by atoms with Crippen LogP contribution in [0, 0.1) is 0 Å². The number of esters is 1. The predicted molar refractivity (Wildman–Crippen MR) is 88.8 cm³/mol. The Bertz CT molecular complexity index is 666. The SMILES string of the molecule is CCCCC(=O)Oc1ccccc1-c1cccc(/C=N/N)c1. The van der Waals surface area contributed by atoms with Gasteiger partial charge in [-0.2, -0.15) is 5.10 Å². The zero-order chi connectivity index (χ0) is 15.8. The molecule has 0 aliphatic heterocycles. The largest absolute Gasteiger partial charge is 0.426 e. The molecule has 0 heterocycles. The Labute approximate surface area is 130 Å². The summed E-state index contributed by atoms with van der Waals surface area (Å²) in [7, 11) is 0. The van der Waals surface area contributed by atoms with Gasteiger partial charge in [0.05, 0.1) is 6.21 Å². The van der Waals surface area contributed by atoms with Crippen molar-refractivity contribution in [3.8, 4) is 16.9 Å². The number of hydrazone groups is 1. The fraction of sp³-hybridized carbons (Fsp3) is 0.222. The van der Waals surface area contributed by atoms with Crippen molar-refractivity contribution >= 4 is 12.2 Å². The number of benzene rings is 2.